The molecule has 0 spiro atoms. The van der Waals surface area contributed by atoms with Gasteiger partial charge in [0.05, 0.1) is 21.1 Å². The Labute approximate surface area is 130 Å². The molecule has 0 atom stereocenters. The molecule has 2 nitrogen and oxygen atoms in total. The molecule has 0 radical (unpaired) electrons. The van der Waals surface area contributed by atoms with Crippen molar-refractivity contribution in [2.75, 3.05) is 0 Å². The summed E-state index contributed by atoms with van der Waals surface area (Å²) in [5.74, 6) is 0.937. The highest BCUT2D eigenvalue weighted by atomic mass is 32.1. The number of imidazole rings is 1. The van der Waals surface area contributed by atoms with Crippen molar-refractivity contribution in [2.45, 2.75) is 0 Å². The molecule has 4 rings (SSSR count). The van der Waals surface area contributed by atoms with Crippen LogP contribution >= 0.6 is 22.7 Å². The Morgan fingerprint density at radius 2 is 1.48 bits per heavy atom. The van der Waals surface area contributed by atoms with E-state index >= 15 is 0 Å². The van der Waals surface area contributed by atoms with Gasteiger partial charge in [-0.1, -0.05) is 42.5 Å². The van der Waals surface area contributed by atoms with Gasteiger partial charge in [0.25, 0.3) is 0 Å². The van der Waals surface area contributed by atoms with E-state index in [4.69, 9.17) is 4.98 Å². The molecule has 1 N–H and O–H groups in total. The highest BCUT2D eigenvalue weighted by molar-refractivity contribution is 7.14. The van der Waals surface area contributed by atoms with Crippen LogP contribution in [0.1, 0.15) is 0 Å². The van der Waals surface area contributed by atoms with Crippen LogP contribution in [-0.4, -0.2) is 9.97 Å². The van der Waals surface area contributed by atoms with E-state index < -0.39 is 0 Å². The Morgan fingerprint density at radius 3 is 2.14 bits per heavy atom. The first-order valence-electron chi connectivity index (χ1n) is 6.65. The topological polar surface area (TPSA) is 28.7 Å². The summed E-state index contributed by atoms with van der Waals surface area (Å²) < 4.78 is 0. The van der Waals surface area contributed by atoms with Crippen molar-refractivity contribution in [1.82, 2.24) is 9.97 Å². The molecule has 0 amide bonds. The molecule has 1 aromatic carbocycles. The van der Waals surface area contributed by atoms with E-state index in [1.807, 2.05) is 18.2 Å². The summed E-state index contributed by atoms with van der Waals surface area (Å²) in [6.07, 6.45) is 0. The van der Waals surface area contributed by atoms with Gasteiger partial charge in [-0.25, -0.2) is 4.98 Å². The van der Waals surface area contributed by atoms with Gasteiger partial charge in [0, 0.05) is 5.56 Å². The van der Waals surface area contributed by atoms with E-state index in [-0.39, 0.29) is 0 Å². The number of thiophene rings is 2. The Morgan fingerprint density at radius 1 is 0.762 bits per heavy atom. The molecule has 0 saturated carbocycles. The standard InChI is InChI=1S/C17H12N2S2/c1-2-6-12(7-3-1)15-16(13-8-4-10-20-13)19-17(18-15)14-9-5-11-21-14/h1-11H,(H,18,19). The van der Waals surface area contributed by atoms with Crippen molar-refractivity contribution in [3.8, 4) is 32.5 Å². The van der Waals surface area contributed by atoms with Crippen LogP contribution in [0.2, 0.25) is 0 Å². The van der Waals surface area contributed by atoms with Crippen molar-refractivity contribution in [2.24, 2.45) is 0 Å². The monoisotopic (exact) mass is 308 g/mol. The molecule has 0 aliphatic heterocycles. The second-order valence-electron chi connectivity index (χ2n) is 4.63. The van der Waals surface area contributed by atoms with Crippen LogP contribution < -0.4 is 0 Å². The highest BCUT2D eigenvalue weighted by Gasteiger charge is 2.15. The minimum Gasteiger partial charge on any atom is -0.336 e. The Kier molecular flexibility index (Phi) is 3.18. The van der Waals surface area contributed by atoms with Crippen molar-refractivity contribution >= 4 is 22.7 Å². The normalized spacial score (nSPS) is 10.9. The summed E-state index contributed by atoms with van der Waals surface area (Å²) in [4.78, 5) is 10.7. The first-order valence-corrected chi connectivity index (χ1v) is 8.41. The lowest BCUT2D eigenvalue weighted by Gasteiger charge is -1.99. The zero-order valence-electron chi connectivity index (χ0n) is 11.1. The summed E-state index contributed by atoms with van der Waals surface area (Å²) in [5, 5.41) is 4.17. The van der Waals surface area contributed by atoms with Gasteiger partial charge in [-0.3, -0.25) is 0 Å². The first kappa shape index (κ1) is 12.6. The average Bonchev–Trinajstić information content (AvgIpc) is 3.27. The maximum Gasteiger partial charge on any atom is 0.148 e. The molecule has 102 valence electrons. The van der Waals surface area contributed by atoms with E-state index in [2.05, 4.69) is 52.1 Å². The van der Waals surface area contributed by atoms with Crippen LogP contribution in [0.4, 0.5) is 0 Å². The minimum absolute atomic E-state index is 0.937. The van der Waals surface area contributed by atoms with Crippen LogP contribution in [0.5, 0.6) is 0 Å². The SMILES string of the molecule is c1ccc(-c2nc(-c3cccs3)[nH]c2-c2cccs2)cc1. The molecular formula is C17H12N2S2. The molecule has 0 fully saturated rings. The van der Waals surface area contributed by atoms with E-state index in [9.17, 15) is 0 Å². The quantitative estimate of drug-likeness (QED) is 0.529. The van der Waals surface area contributed by atoms with Gasteiger partial charge in [0.1, 0.15) is 5.82 Å². The molecule has 3 aromatic heterocycles. The smallest absolute Gasteiger partial charge is 0.148 e. The van der Waals surface area contributed by atoms with Crippen molar-refractivity contribution in [1.29, 1.82) is 0 Å². The van der Waals surface area contributed by atoms with Gasteiger partial charge in [0.2, 0.25) is 0 Å². The zero-order chi connectivity index (χ0) is 14.1. The fourth-order valence-corrected chi connectivity index (χ4v) is 3.70. The lowest BCUT2D eigenvalue weighted by Crippen LogP contribution is -1.80. The summed E-state index contributed by atoms with van der Waals surface area (Å²) in [6, 6.07) is 18.7. The van der Waals surface area contributed by atoms with Gasteiger partial charge in [-0.2, -0.15) is 0 Å². The van der Waals surface area contributed by atoms with E-state index in [0.717, 1.165) is 27.7 Å². The maximum absolute atomic E-state index is 4.84. The molecule has 0 aliphatic carbocycles. The van der Waals surface area contributed by atoms with Gasteiger partial charge in [-0.15, -0.1) is 22.7 Å². The summed E-state index contributed by atoms with van der Waals surface area (Å²) in [7, 11) is 0. The number of nitrogens with zero attached hydrogens (tertiary/aromatic N) is 1. The third-order valence-corrected chi connectivity index (χ3v) is 5.04. The molecule has 0 saturated heterocycles. The maximum atomic E-state index is 4.84. The number of rotatable bonds is 3. The van der Waals surface area contributed by atoms with Crippen LogP contribution in [0, 0.1) is 0 Å². The van der Waals surface area contributed by atoms with E-state index in [0.29, 0.717) is 0 Å². The number of aromatic amines is 1. The molecule has 0 unspecified atom stereocenters. The zero-order valence-corrected chi connectivity index (χ0v) is 12.7. The van der Waals surface area contributed by atoms with Gasteiger partial charge >= 0.3 is 0 Å². The molecule has 21 heavy (non-hydrogen) atoms. The van der Waals surface area contributed by atoms with Crippen molar-refractivity contribution < 1.29 is 0 Å². The number of hydrogen-bond acceptors (Lipinski definition) is 3. The highest BCUT2D eigenvalue weighted by Crippen LogP contribution is 2.35. The second-order valence-corrected chi connectivity index (χ2v) is 6.53. The Hall–Kier alpha value is -2.17. The average molecular weight is 308 g/mol. The molecule has 3 heterocycles. The number of hydrogen-bond donors (Lipinski definition) is 1. The van der Waals surface area contributed by atoms with Crippen molar-refractivity contribution in [3.63, 3.8) is 0 Å². The van der Waals surface area contributed by atoms with Crippen LogP contribution in [0.3, 0.4) is 0 Å². The summed E-state index contributed by atoms with van der Waals surface area (Å²) >= 11 is 3.43. The predicted octanol–water partition coefficient (Wildman–Crippen LogP) is 5.53. The number of nitrogens with one attached hydrogen (secondary N) is 1. The summed E-state index contributed by atoms with van der Waals surface area (Å²) in [5.41, 5.74) is 3.25. The van der Waals surface area contributed by atoms with E-state index in [1.54, 1.807) is 22.7 Å². The second kappa shape index (κ2) is 5.31. The van der Waals surface area contributed by atoms with Gasteiger partial charge in [0.15, 0.2) is 0 Å². The predicted molar refractivity (Wildman–Crippen MR) is 90.6 cm³/mol. The van der Waals surface area contributed by atoms with Crippen molar-refractivity contribution in [3.05, 3.63) is 65.4 Å². The lowest BCUT2D eigenvalue weighted by atomic mass is 10.1. The number of aromatic nitrogens is 2. The molecule has 4 aromatic rings. The third kappa shape index (κ3) is 2.33. The van der Waals surface area contributed by atoms with Crippen LogP contribution in [-0.2, 0) is 0 Å². The van der Waals surface area contributed by atoms with Gasteiger partial charge in [-0.05, 0) is 22.9 Å². The Bertz CT molecular complexity index is 828. The molecule has 0 aliphatic rings. The van der Waals surface area contributed by atoms with Crippen LogP contribution in [0.25, 0.3) is 32.5 Å². The molecular weight excluding hydrogens is 296 g/mol. The largest absolute Gasteiger partial charge is 0.336 e. The van der Waals surface area contributed by atoms with Gasteiger partial charge < -0.3 is 4.98 Å². The minimum atomic E-state index is 0.937. The third-order valence-electron chi connectivity index (χ3n) is 3.27. The number of H-pyrrole nitrogens is 1. The van der Waals surface area contributed by atoms with E-state index in [1.165, 1.54) is 4.88 Å². The van der Waals surface area contributed by atoms with Crippen LogP contribution in [0.15, 0.2) is 65.4 Å². The first-order chi connectivity index (χ1) is 10.4. The summed E-state index contributed by atoms with van der Waals surface area (Å²) in [6.45, 7) is 0. The fourth-order valence-electron chi connectivity index (χ4n) is 2.31. The molecule has 4 heteroatoms. The number of benzene rings is 1. The Balaban J connectivity index is 1.92. The lowest BCUT2D eigenvalue weighted by molar-refractivity contribution is 1.33. The fraction of sp³-hybridized carbons (Fsp3) is 0. The molecule has 0 bridgehead atoms.